The second-order valence-corrected chi connectivity index (χ2v) is 3.62. The molecule has 0 atom stereocenters. The van der Waals surface area contributed by atoms with Gasteiger partial charge in [0.05, 0.1) is 0 Å². The highest BCUT2D eigenvalue weighted by Crippen LogP contribution is 2.27. The van der Waals surface area contributed by atoms with Crippen molar-refractivity contribution in [2.24, 2.45) is 0 Å². The molecule has 0 rings (SSSR count). The molecule has 0 spiro atoms. The van der Waals surface area contributed by atoms with Crippen molar-refractivity contribution in [1.82, 2.24) is 4.90 Å². The molecule has 0 saturated carbocycles. The third kappa shape index (κ3) is 5.09. The van der Waals surface area contributed by atoms with Crippen LogP contribution in [0, 0.1) is 0 Å². The standard InChI is InChI=1S/C9H12F7NO/c1-2-3-4-17(5-8(12,13)14)7(18)9(15,16)6(10)11/h6H,2-5H2,1H3. The van der Waals surface area contributed by atoms with E-state index in [4.69, 9.17) is 0 Å². The summed E-state index contributed by atoms with van der Waals surface area (Å²) < 4.78 is 85.3. The molecule has 0 radical (unpaired) electrons. The van der Waals surface area contributed by atoms with Crippen LogP contribution in [0.25, 0.3) is 0 Å². The lowest BCUT2D eigenvalue weighted by molar-refractivity contribution is -0.194. The van der Waals surface area contributed by atoms with E-state index in [0.717, 1.165) is 0 Å². The Morgan fingerprint density at radius 1 is 1.17 bits per heavy atom. The van der Waals surface area contributed by atoms with E-state index in [0.29, 0.717) is 6.42 Å². The van der Waals surface area contributed by atoms with Gasteiger partial charge in [0.15, 0.2) is 0 Å². The van der Waals surface area contributed by atoms with Crippen molar-refractivity contribution < 1.29 is 35.5 Å². The summed E-state index contributed by atoms with van der Waals surface area (Å²) in [5.41, 5.74) is 0. The van der Waals surface area contributed by atoms with E-state index < -0.39 is 37.5 Å². The molecule has 0 unspecified atom stereocenters. The number of nitrogens with zero attached hydrogens (tertiary/aromatic N) is 1. The molecule has 0 saturated heterocycles. The molecule has 108 valence electrons. The summed E-state index contributed by atoms with van der Waals surface area (Å²) in [6, 6.07) is 0. The van der Waals surface area contributed by atoms with Crippen LogP contribution < -0.4 is 0 Å². The van der Waals surface area contributed by atoms with Crippen LogP contribution in [-0.4, -0.2) is 42.4 Å². The third-order valence-electron chi connectivity index (χ3n) is 2.00. The third-order valence-corrected chi connectivity index (χ3v) is 2.00. The number of hydrogen-bond acceptors (Lipinski definition) is 1. The zero-order chi connectivity index (χ0) is 14.6. The second kappa shape index (κ2) is 6.24. The Labute approximate surface area is 98.7 Å². The van der Waals surface area contributed by atoms with E-state index >= 15 is 0 Å². The van der Waals surface area contributed by atoms with E-state index in [1.807, 2.05) is 0 Å². The van der Waals surface area contributed by atoms with Crippen molar-refractivity contribution in [2.75, 3.05) is 13.1 Å². The average molecular weight is 283 g/mol. The second-order valence-electron chi connectivity index (χ2n) is 3.62. The van der Waals surface area contributed by atoms with Gasteiger partial charge in [0.25, 0.3) is 5.91 Å². The van der Waals surface area contributed by atoms with Gasteiger partial charge in [-0.3, -0.25) is 4.79 Å². The molecule has 0 heterocycles. The van der Waals surface area contributed by atoms with Gasteiger partial charge in [-0.05, 0) is 6.42 Å². The van der Waals surface area contributed by atoms with Gasteiger partial charge in [-0.25, -0.2) is 8.78 Å². The highest BCUT2D eigenvalue weighted by molar-refractivity contribution is 5.84. The Kier molecular flexibility index (Phi) is 5.88. The van der Waals surface area contributed by atoms with Crippen molar-refractivity contribution in [3.63, 3.8) is 0 Å². The predicted octanol–water partition coefficient (Wildman–Crippen LogP) is 3.08. The Morgan fingerprint density at radius 3 is 2.00 bits per heavy atom. The molecule has 0 aliphatic rings. The number of alkyl halides is 7. The van der Waals surface area contributed by atoms with Gasteiger partial charge in [-0.2, -0.15) is 22.0 Å². The van der Waals surface area contributed by atoms with Crippen molar-refractivity contribution in [3.05, 3.63) is 0 Å². The summed E-state index contributed by atoms with van der Waals surface area (Å²) in [5.74, 6) is -7.60. The van der Waals surface area contributed by atoms with Crippen LogP contribution in [0.4, 0.5) is 30.7 Å². The lowest BCUT2D eigenvalue weighted by Crippen LogP contribution is -2.50. The van der Waals surface area contributed by atoms with E-state index in [9.17, 15) is 35.5 Å². The maximum Gasteiger partial charge on any atom is 0.406 e. The molecule has 1 amide bonds. The minimum absolute atomic E-state index is 0.0150. The van der Waals surface area contributed by atoms with Crippen LogP contribution >= 0.6 is 0 Å². The maximum absolute atomic E-state index is 12.7. The van der Waals surface area contributed by atoms with E-state index in [1.165, 1.54) is 0 Å². The van der Waals surface area contributed by atoms with Gasteiger partial charge in [-0.15, -0.1) is 0 Å². The van der Waals surface area contributed by atoms with E-state index in [-0.39, 0.29) is 11.3 Å². The van der Waals surface area contributed by atoms with Gasteiger partial charge in [0.1, 0.15) is 6.54 Å². The Balaban J connectivity index is 4.90. The fourth-order valence-electron chi connectivity index (χ4n) is 1.12. The van der Waals surface area contributed by atoms with Crippen molar-refractivity contribution in [2.45, 2.75) is 38.3 Å². The maximum atomic E-state index is 12.7. The molecule has 2 nitrogen and oxygen atoms in total. The average Bonchev–Trinajstić information content (AvgIpc) is 2.21. The number of amides is 1. The van der Waals surface area contributed by atoms with Crippen LogP contribution in [0.2, 0.25) is 0 Å². The minimum atomic E-state index is -5.10. The highest BCUT2D eigenvalue weighted by Gasteiger charge is 2.52. The molecule has 9 heteroatoms. The van der Waals surface area contributed by atoms with Crippen LogP contribution in [-0.2, 0) is 4.79 Å². The molecule has 0 aromatic carbocycles. The lowest BCUT2D eigenvalue weighted by atomic mass is 10.2. The van der Waals surface area contributed by atoms with Gasteiger partial charge >= 0.3 is 18.5 Å². The van der Waals surface area contributed by atoms with Crippen LogP contribution in [0.15, 0.2) is 0 Å². The molecule has 0 aromatic heterocycles. The van der Waals surface area contributed by atoms with Crippen molar-refractivity contribution in [3.8, 4) is 0 Å². The number of unbranched alkanes of at least 4 members (excludes halogenated alkanes) is 1. The molecule has 0 fully saturated rings. The summed E-state index contributed by atoms with van der Waals surface area (Å²) in [4.78, 5) is 10.7. The first-order valence-corrected chi connectivity index (χ1v) is 5.04. The molecule has 18 heavy (non-hydrogen) atoms. The largest absolute Gasteiger partial charge is 0.406 e. The summed E-state index contributed by atoms with van der Waals surface area (Å²) in [5, 5.41) is 0. The molecule has 0 aliphatic carbocycles. The van der Waals surface area contributed by atoms with Crippen LogP contribution in [0.5, 0.6) is 0 Å². The van der Waals surface area contributed by atoms with Crippen molar-refractivity contribution in [1.29, 1.82) is 0 Å². The SMILES string of the molecule is CCCCN(CC(F)(F)F)C(=O)C(F)(F)C(F)F. The van der Waals surface area contributed by atoms with Gasteiger partial charge < -0.3 is 4.90 Å². The summed E-state index contributed by atoms with van der Waals surface area (Å²) in [7, 11) is 0. The van der Waals surface area contributed by atoms with Gasteiger partial charge in [0.2, 0.25) is 0 Å². The molecule has 0 aliphatic heterocycles. The first-order valence-electron chi connectivity index (χ1n) is 5.04. The Hall–Kier alpha value is -1.02. The number of carbonyl (C=O) groups is 1. The zero-order valence-corrected chi connectivity index (χ0v) is 9.41. The van der Waals surface area contributed by atoms with Gasteiger partial charge in [0, 0.05) is 6.54 Å². The first kappa shape index (κ1) is 17.0. The highest BCUT2D eigenvalue weighted by atomic mass is 19.4. The first-order chi connectivity index (χ1) is 8.02. The molecule has 0 N–H and O–H groups in total. The molecular formula is C9H12F7NO. The Morgan fingerprint density at radius 2 is 1.67 bits per heavy atom. The quantitative estimate of drug-likeness (QED) is 0.686. The Bertz CT molecular complexity index is 277. The molecule has 0 aromatic rings. The summed E-state index contributed by atoms with van der Waals surface area (Å²) in [6.07, 6.45) is -8.90. The number of carbonyl (C=O) groups excluding carboxylic acids is 1. The van der Waals surface area contributed by atoms with E-state index in [1.54, 1.807) is 6.92 Å². The minimum Gasteiger partial charge on any atom is -0.328 e. The smallest absolute Gasteiger partial charge is 0.328 e. The molecular weight excluding hydrogens is 271 g/mol. The monoisotopic (exact) mass is 283 g/mol. The number of hydrogen-bond donors (Lipinski definition) is 0. The normalized spacial score (nSPS) is 12.9. The van der Waals surface area contributed by atoms with Gasteiger partial charge in [-0.1, -0.05) is 13.3 Å². The van der Waals surface area contributed by atoms with E-state index in [2.05, 4.69) is 0 Å². The van der Waals surface area contributed by atoms with Crippen LogP contribution in [0.3, 0.4) is 0 Å². The fraction of sp³-hybridized carbons (Fsp3) is 0.889. The van der Waals surface area contributed by atoms with Crippen molar-refractivity contribution >= 4 is 5.91 Å². The number of halogens is 7. The lowest BCUT2D eigenvalue weighted by Gasteiger charge is -2.27. The zero-order valence-electron chi connectivity index (χ0n) is 9.41. The predicted molar refractivity (Wildman–Crippen MR) is 48.5 cm³/mol. The fourth-order valence-corrected chi connectivity index (χ4v) is 1.12. The summed E-state index contributed by atoms with van der Waals surface area (Å²) in [6.45, 7) is -1.05. The molecule has 0 bridgehead atoms. The number of rotatable bonds is 6. The van der Waals surface area contributed by atoms with Crippen LogP contribution in [0.1, 0.15) is 19.8 Å². The topological polar surface area (TPSA) is 20.3 Å². The summed E-state index contributed by atoms with van der Waals surface area (Å²) >= 11 is 0.